The van der Waals surface area contributed by atoms with E-state index in [0.29, 0.717) is 5.56 Å². The molecule has 0 saturated carbocycles. The average Bonchev–Trinajstić information content (AvgIpc) is 3.25. The summed E-state index contributed by atoms with van der Waals surface area (Å²) >= 11 is 0. The lowest BCUT2D eigenvalue weighted by molar-refractivity contribution is -0.284. The van der Waals surface area contributed by atoms with Gasteiger partial charge in [0, 0.05) is 53.9 Å². The van der Waals surface area contributed by atoms with E-state index in [9.17, 15) is 54.9 Å². The molecule has 2 aromatic heterocycles. The van der Waals surface area contributed by atoms with E-state index in [2.05, 4.69) is 5.32 Å². The second-order valence-electron chi connectivity index (χ2n) is 14.6. The van der Waals surface area contributed by atoms with E-state index < -0.39 is 77.8 Å². The van der Waals surface area contributed by atoms with Crippen LogP contribution in [0.25, 0.3) is 55.7 Å². The van der Waals surface area contributed by atoms with Crippen molar-refractivity contribution in [3.63, 3.8) is 0 Å². The molecule has 19 nitrogen and oxygen atoms in total. The molecule has 1 aliphatic rings. The summed E-state index contributed by atoms with van der Waals surface area (Å²) < 4.78 is 40.6. The maximum atomic E-state index is 13.8. The van der Waals surface area contributed by atoms with Gasteiger partial charge in [0.05, 0.1) is 52.1 Å². The van der Waals surface area contributed by atoms with Gasteiger partial charge < -0.3 is 73.6 Å². The minimum absolute atomic E-state index is 0.0334. The first-order valence-corrected chi connectivity index (χ1v) is 19.1. The molecule has 63 heavy (non-hydrogen) atoms. The molecule has 1 saturated heterocycles. The third-order valence-electron chi connectivity index (χ3n) is 10.5. The van der Waals surface area contributed by atoms with E-state index in [-0.39, 0.29) is 78.9 Å². The summed E-state index contributed by atoms with van der Waals surface area (Å²) in [5.41, 5.74) is -0.261. The predicted octanol–water partition coefficient (Wildman–Crippen LogP) is 2.87. The van der Waals surface area contributed by atoms with Crippen LogP contribution in [0.1, 0.15) is 13.3 Å². The van der Waals surface area contributed by atoms with Crippen molar-refractivity contribution in [2.75, 3.05) is 27.9 Å². The van der Waals surface area contributed by atoms with Gasteiger partial charge in [-0.3, -0.25) is 14.4 Å². The van der Waals surface area contributed by atoms with Gasteiger partial charge in [-0.2, -0.15) is 0 Å². The second kappa shape index (κ2) is 17.3. The number of aromatic hydroxyl groups is 2. The zero-order valence-electron chi connectivity index (χ0n) is 33.9. The van der Waals surface area contributed by atoms with E-state index in [0.717, 1.165) is 13.0 Å². The molecule has 7 rings (SSSR count). The lowest BCUT2D eigenvalue weighted by atomic mass is 9.88. The van der Waals surface area contributed by atoms with Gasteiger partial charge in [-0.1, -0.05) is 0 Å². The van der Waals surface area contributed by atoms with Crippen LogP contribution in [0.15, 0.2) is 91.2 Å². The Morgan fingerprint density at radius 1 is 0.810 bits per heavy atom. The summed E-state index contributed by atoms with van der Waals surface area (Å²) in [6.07, 6.45) is -8.03. The Morgan fingerprint density at radius 3 is 2.06 bits per heavy atom. The Hall–Kier alpha value is -7.16. The number of phenolic OH excluding ortho intramolecular Hbond substituents is 2. The smallest absolute Gasteiger partial charge is 0.377 e. The van der Waals surface area contributed by atoms with Crippen molar-refractivity contribution in [3.05, 3.63) is 93.2 Å². The van der Waals surface area contributed by atoms with Crippen molar-refractivity contribution in [3.8, 4) is 68.3 Å². The summed E-state index contributed by atoms with van der Waals surface area (Å²) in [6.45, 7) is 0.155. The number of carboxylic acid groups (broad SMARTS) is 1. The van der Waals surface area contributed by atoms with Crippen molar-refractivity contribution in [1.82, 2.24) is 5.32 Å². The topological polar surface area (TPSA) is 294 Å². The van der Waals surface area contributed by atoms with E-state index in [1.807, 2.05) is 0 Å². The fourth-order valence-electron chi connectivity index (χ4n) is 7.52. The van der Waals surface area contributed by atoms with Crippen LogP contribution in [-0.2, 0) is 14.3 Å². The predicted molar refractivity (Wildman–Crippen MR) is 221 cm³/mol. The monoisotopic (exact) mass is 871 g/mol. The number of methoxy groups -OCH3 is 3. The number of benzene rings is 4. The molecular formula is C44H41NO18. The van der Waals surface area contributed by atoms with Gasteiger partial charge in [0.25, 0.3) is 0 Å². The highest BCUT2D eigenvalue weighted by Crippen LogP contribution is 2.46. The second-order valence-corrected chi connectivity index (χ2v) is 14.6. The number of amides is 1. The number of carbonyl (C=O) groups is 2. The molecule has 1 fully saturated rings. The molecule has 6 atom stereocenters. The molecule has 0 radical (unpaired) electrons. The number of aliphatic carboxylic acids is 1. The maximum absolute atomic E-state index is 13.8. The standard InChI is InChI=1S/C44H41NO18/c1-19(47)45-39-29(52)17-44(43(55)56,63-42(39)40(54)30(53)18-46)62-22-8-5-20(6-9-22)32-15-27(50)38-28(51)16-34(59-4)36(41(38)61-32)24-11-21(7-10-31(24)58-3)33-14-26(49)37-25(48)12-23(57-2)13-35(37)60-33/h5-16,29-30,39-40,42,46,48,51-54H,17-18H2,1-4H3,(H,45,47)(H,55,56)/t29-,30-,39+,40-,42+,44+/m0/s1. The van der Waals surface area contributed by atoms with Gasteiger partial charge in [-0.25, -0.2) is 4.79 Å². The number of hydrogen-bond acceptors (Lipinski definition) is 17. The largest absolute Gasteiger partial charge is 0.507 e. The van der Waals surface area contributed by atoms with E-state index in [1.54, 1.807) is 18.2 Å². The maximum Gasteiger partial charge on any atom is 0.377 e. The Morgan fingerprint density at radius 2 is 1.44 bits per heavy atom. The van der Waals surface area contributed by atoms with Crippen LogP contribution in [0.4, 0.5) is 0 Å². The van der Waals surface area contributed by atoms with Crippen LogP contribution in [0.3, 0.4) is 0 Å². The molecule has 6 aromatic rings. The Labute approximate surface area is 355 Å². The normalized spacial score (nSPS) is 19.6. The molecular weight excluding hydrogens is 830 g/mol. The molecule has 0 aliphatic carbocycles. The lowest BCUT2D eigenvalue weighted by Gasteiger charge is -2.46. The summed E-state index contributed by atoms with van der Waals surface area (Å²) in [5, 5.41) is 75.4. The number of nitrogens with one attached hydrogen (secondary N) is 1. The quantitative estimate of drug-likeness (QED) is 0.0828. The van der Waals surface area contributed by atoms with Gasteiger partial charge in [0.15, 0.2) is 16.4 Å². The number of fused-ring (bicyclic) bond motifs is 2. The average molecular weight is 872 g/mol. The number of hydrogen-bond donors (Lipinski definition) is 8. The molecule has 1 aliphatic heterocycles. The zero-order valence-corrected chi connectivity index (χ0v) is 33.9. The molecule has 0 bridgehead atoms. The first kappa shape index (κ1) is 43.9. The number of carbonyl (C=O) groups excluding carboxylic acids is 1. The zero-order chi connectivity index (χ0) is 45.5. The van der Waals surface area contributed by atoms with Crippen LogP contribution in [0.2, 0.25) is 0 Å². The number of rotatable bonds is 13. The molecule has 3 heterocycles. The van der Waals surface area contributed by atoms with Crippen LogP contribution in [-0.4, -0.2) is 112 Å². The number of carboxylic acids is 1. The van der Waals surface area contributed by atoms with Gasteiger partial charge in [0.2, 0.25) is 5.91 Å². The van der Waals surface area contributed by atoms with Crippen LogP contribution in [0.5, 0.6) is 34.5 Å². The summed E-state index contributed by atoms with van der Waals surface area (Å²) in [6, 6.07) is 15.1. The van der Waals surface area contributed by atoms with Crippen molar-refractivity contribution in [2.24, 2.45) is 0 Å². The Balaban J connectivity index is 1.30. The molecule has 4 aromatic carbocycles. The van der Waals surface area contributed by atoms with Crippen molar-refractivity contribution < 1.29 is 77.9 Å². The number of phenols is 2. The summed E-state index contributed by atoms with van der Waals surface area (Å²) in [7, 11) is 4.13. The Bertz CT molecular complexity index is 2850. The van der Waals surface area contributed by atoms with Gasteiger partial charge in [0.1, 0.15) is 80.7 Å². The van der Waals surface area contributed by atoms with Crippen LogP contribution < -0.4 is 35.1 Å². The highest BCUT2D eigenvalue weighted by atomic mass is 16.7. The van der Waals surface area contributed by atoms with Crippen LogP contribution in [0, 0.1) is 0 Å². The van der Waals surface area contributed by atoms with Gasteiger partial charge in [-0.05, 0) is 42.5 Å². The lowest BCUT2D eigenvalue weighted by Crippen LogP contribution is -2.68. The van der Waals surface area contributed by atoms with Crippen molar-refractivity contribution in [1.29, 1.82) is 0 Å². The molecule has 8 N–H and O–H groups in total. The molecule has 19 heteroatoms. The summed E-state index contributed by atoms with van der Waals surface area (Å²) in [4.78, 5) is 51.7. The third kappa shape index (κ3) is 8.18. The third-order valence-corrected chi connectivity index (χ3v) is 10.5. The van der Waals surface area contributed by atoms with E-state index in [4.69, 9.17) is 32.5 Å². The number of ether oxygens (including phenoxy) is 5. The van der Waals surface area contributed by atoms with Crippen LogP contribution >= 0.6 is 0 Å². The summed E-state index contributed by atoms with van der Waals surface area (Å²) in [5.74, 6) is -5.39. The number of aliphatic hydroxyl groups is 4. The van der Waals surface area contributed by atoms with Gasteiger partial charge in [-0.15, -0.1) is 0 Å². The van der Waals surface area contributed by atoms with E-state index >= 15 is 0 Å². The molecule has 1 amide bonds. The highest BCUT2D eigenvalue weighted by Gasteiger charge is 2.56. The van der Waals surface area contributed by atoms with Crippen molar-refractivity contribution >= 4 is 33.8 Å². The first-order valence-electron chi connectivity index (χ1n) is 19.1. The Kier molecular flexibility index (Phi) is 12.1. The molecule has 0 spiro atoms. The highest BCUT2D eigenvalue weighted by molar-refractivity contribution is 6.01. The minimum atomic E-state index is -2.67. The fourth-order valence-corrected chi connectivity index (χ4v) is 7.52. The van der Waals surface area contributed by atoms with Crippen molar-refractivity contribution in [2.45, 2.75) is 49.6 Å². The fraction of sp³-hybridized carbons (Fsp3) is 0.273. The molecule has 330 valence electrons. The molecule has 0 unspecified atom stereocenters. The first-order chi connectivity index (χ1) is 30.0. The van der Waals surface area contributed by atoms with Gasteiger partial charge >= 0.3 is 11.8 Å². The number of aliphatic hydroxyl groups excluding tert-OH is 4. The van der Waals surface area contributed by atoms with E-state index in [1.165, 1.54) is 69.9 Å². The minimum Gasteiger partial charge on any atom is -0.507 e. The SMILES string of the molecule is COc1cc(O)c2c(=O)cc(-c3ccc(OC)c(-c4c(OC)cc(O)c5c(=O)cc(-c6ccc(O[C@]7(C(=O)O)C[C@H](O)[C@@H](NC(C)=O)[C@H]([C@@H](O)[C@@H](O)CO)O7)cc6)oc45)c3)oc2c1.